The minimum Gasteiger partial charge on any atom is -0.481 e. The van der Waals surface area contributed by atoms with Gasteiger partial charge in [0.05, 0.1) is 0 Å². The number of carbonyl (C=O) groups is 2. The Labute approximate surface area is 114 Å². The first-order chi connectivity index (χ1) is 9.56. The molecule has 1 heterocycles. The molecule has 20 heavy (non-hydrogen) atoms. The highest BCUT2D eigenvalue weighted by Gasteiger charge is 2.09. The highest BCUT2D eigenvalue weighted by atomic mass is 16.4. The maximum atomic E-state index is 10.7. The number of hydrogen-bond donors (Lipinski definition) is 2. The fourth-order valence-corrected chi connectivity index (χ4v) is 1.55. The predicted molar refractivity (Wildman–Crippen MR) is 70.2 cm³/mol. The van der Waals surface area contributed by atoms with Crippen molar-refractivity contribution in [2.75, 3.05) is 0 Å². The summed E-state index contributed by atoms with van der Waals surface area (Å²) in [6, 6.07) is 9.86. The van der Waals surface area contributed by atoms with Crippen molar-refractivity contribution in [2.24, 2.45) is 0 Å². The second-order valence-electron chi connectivity index (χ2n) is 3.92. The van der Waals surface area contributed by atoms with Crippen molar-refractivity contribution in [3.63, 3.8) is 0 Å². The molecule has 5 heteroatoms. The molecule has 0 aliphatic heterocycles. The summed E-state index contributed by atoms with van der Waals surface area (Å²) in [5.41, 5.74) is 1.40. The smallest absolute Gasteiger partial charge is 0.371 e. The second-order valence-corrected chi connectivity index (χ2v) is 3.92. The van der Waals surface area contributed by atoms with Gasteiger partial charge in [0.25, 0.3) is 0 Å². The predicted octanol–water partition coefficient (Wildman–Crippen LogP) is 2.47. The van der Waals surface area contributed by atoms with Crippen LogP contribution in [0, 0.1) is 11.8 Å². The van der Waals surface area contributed by atoms with Gasteiger partial charge in [-0.05, 0) is 24.3 Å². The van der Waals surface area contributed by atoms with Crippen molar-refractivity contribution in [1.29, 1.82) is 0 Å². The van der Waals surface area contributed by atoms with Crippen molar-refractivity contribution in [2.45, 2.75) is 6.42 Å². The fourth-order valence-electron chi connectivity index (χ4n) is 1.55. The van der Waals surface area contributed by atoms with E-state index >= 15 is 0 Å². The first-order valence-corrected chi connectivity index (χ1v) is 5.70. The van der Waals surface area contributed by atoms with Crippen LogP contribution in [0.3, 0.4) is 0 Å². The van der Waals surface area contributed by atoms with Gasteiger partial charge in [-0.2, -0.15) is 0 Å². The Balaban J connectivity index is 2.16. The van der Waals surface area contributed by atoms with Crippen molar-refractivity contribution in [3.8, 4) is 23.2 Å². The molecular weight excluding hydrogens is 260 g/mol. The lowest BCUT2D eigenvalue weighted by molar-refractivity contribution is -0.135. The summed E-state index contributed by atoms with van der Waals surface area (Å²) < 4.78 is 5.17. The second kappa shape index (κ2) is 5.76. The van der Waals surface area contributed by atoms with Crippen LogP contribution in [0.1, 0.15) is 22.5 Å². The van der Waals surface area contributed by atoms with Crippen molar-refractivity contribution >= 4 is 11.9 Å². The average Bonchev–Trinajstić information content (AvgIpc) is 2.89. The largest absolute Gasteiger partial charge is 0.481 e. The highest BCUT2D eigenvalue weighted by molar-refractivity contribution is 5.85. The molecule has 1 aromatic carbocycles. The van der Waals surface area contributed by atoms with E-state index in [0.29, 0.717) is 11.3 Å². The van der Waals surface area contributed by atoms with Gasteiger partial charge in [0, 0.05) is 11.1 Å². The topological polar surface area (TPSA) is 87.7 Å². The van der Waals surface area contributed by atoms with Gasteiger partial charge in [0.2, 0.25) is 5.76 Å². The molecule has 2 aromatic rings. The lowest BCUT2D eigenvalue weighted by atomic mass is 10.1. The third-order valence-corrected chi connectivity index (χ3v) is 2.46. The first kappa shape index (κ1) is 13.4. The van der Waals surface area contributed by atoms with Gasteiger partial charge in [-0.15, -0.1) is 0 Å². The van der Waals surface area contributed by atoms with Gasteiger partial charge >= 0.3 is 11.9 Å². The number of benzene rings is 1. The van der Waals surface area contributed by atoms with Gasteiger partial charge < -0.3 is 14.6 Å². The molecule has 0 aliphatic rings. The minimum atomic E-state index is -1.12. The molecule has 5 nitrogen and oxygen atoms in total. The van der Waals surface area contributed by atoms with Crippen LogP contribution in [0.5, 0.6) is 0 Å². The quantitative estimate of drug-likeness (QED) is 0.836. The summed E-state index contributed by atoms with van der Waals surface area (Å²) in [4.78, 5) is 21.0. The zero-order valence-corrected chi connectivity index (χ0v) is 10.3. The van der Waals surface area contributed by atoms with Crippen LogP contribution in [-0.2, 0) is 4.79 Å². The molecule has 0 amide bonds. The zero-order chi connectivity index (χ0) is 14.5. The molecule has 2 N–H and O–H groups in total. The van der Waals surface area contributed by atoms with Crippen LogP contribution in [0.25, 0.3) is 11.3 Å². The first-order valence-electron chi connectivity index (χ1n) is 5.70. The highest BCUT2D eigenvalue weighted by Crippen LogP contribution is 2.22. The van der Waals surface area contributed by atoms with E-state index in [-0.39, 0.29) is 12.2 Å². The molecular formula is C15H10O5. The number of aromatic carboxylic acids is 1. The minimum absolute atomic E-state index is 0.120. The van der Waals surface area contributed by atoms with E-state index in [1.165, 1.54) is 6.07 Å². The van der Waals surface area contributed by atoms with E-state index in [1.54, 1.807) is 30.3 Å². The fraction of sp³-hybridized carbons (Fsp3) is 0.0667. The SMILES string of the molecule is O=C(O)CC#Cc1ccc(-c2ccc(C(=O)O)o2)cc1. The lowest BCUT2D eigenvalue weighted by Crippen LogP contribution is -1.91. The Morgan fingerprint density at radius 1 is 1.05 bits per heavy atom. The summed E-state index contributed by atoms with van der Waals surface area (Å²) in [6.07, 6.45) is -0.206. The normalized spacial score (nSPS) is 9.60. The van der Waals surface area contributed by atoms with Crippen LogP contribution in [0.4, 0.5) is 0 Å². The number of furan rings is 1. The molecule has 0 saturated carbocycles. The Kier molecular flexibility index (Phi) is 3.87. The third kappa shape index (κ3) is 3.27. The summed E-state index contributed by atoms with van der Waals surface area (Å²) in [5, 5.41) is 17.2. The molecule has 0 atom stereocenters. The monoisotopic (exact) mass is 270 g/mol. The summed E-state index contributed by atoms with van der Waals surface area (Å²) >= 11 is 0. The van der Waals surface area contributed by atoms with E-state index < -0.39 is 11.9 Å². The van der Waals surface area contributed by atoms with E-state index in [1.807, 2.05) is 0 Å². The number of hydrogen-bond acceptors (Lipinski definition) is 3. The standard InChI is InChI=1S/C15H10O5/c16-14(17)3-1-2-10-4-6-11(7-5-10)12-8-9-13(20-12)15(18)19/h4-9H,3H2,(H,16,17)(H,18,19). The van der Waals surface area contributed by atoms with Gasteiger partial charge in [-0.25, -0.2) is 4.79 Å². The van der Waals surface area contributed by atoms with Gasteiger partial charge in [0.15, 0.2) is 0 Å². The molecule has 0 unspecified atom stereocenters. The third-order valence-electron chi connectivity index (χ3n) is 2.46. The summed E-state index contributed by atoms with van der Waals surface area (Å²) in [7, 11) is 0. The Morgan fingerprint density at radius 2 is 1.75 bits per heavy atom. The molecule has 0 fully saturated rings. The molecule has 0 radical (unpaired) electrons. The number of carboxylic acid groups (broad SMARTS) is 2. The van der Waals surface area contributed by atoms with Gasteiger partial charge in [-0.3, -0.25) is 4.79 Å². The van der Waals surface area contributed by atoms with Crippen molar-refractivity contribution in [3.05, 3.63) is 47.7 Å². The number of carboxylic acids is 2. The van der Waals surface area contributed by atoms with Gasteiger partial charge in [0.1, 0.15) is 12.2 Å². The Morgan fingerprint density at radius 3 is 2.30 bits per heavy atom. The molecule has 100 valence electrons. The van der Waals surface area contributed by atoms with E-state index in [4.69, 9.17) is 14.6 Å². The maximum Gasteiger partial charge on any atom is 0.371 e. The van der Waals surface area contributed by atoms with E-state index in [0.717, 1.165) is 5.56 Å². The Bertz CT molecular complexity index is 698. The van der Waals surface area contributed by atoms with Crippen molar-refractivity contribution < 1.29 is 24.2 Å². The molecule has 0 spiro atoms. The average molecular weight is 270 g/mol. The maximum absolute atomic E-state index is 10.7. The molecule has 0 bridgehead atoms. The summed E-state index contributed by atoms with van der Waals surface area (Å²) in [6.45, 7) is 0. The number of aliphatic carboxylic acids is 1. The van der Waals surface area contributed by atoms with E-state index in [2.05, 4.69) is 11.8 Å². The van der Waals surface area contributed by atoms with Crippen LogP contribution in [0.15, 0.2) is 40.8 Å². The van der Waals surface area contributed by atoms with Gasteiger partial charge in [-0.1, -0.05) is 24.0 Å². The van der Waals surface area contributed by atoms with Crippen LogP contribution in [-0.4, -0.2) is 22.2 Å². The van der Waals surface area contributed by atoms with Crippen molar-refractivity contribution in [1.82, 2.24) is 0 Å². The zero-order valence-electron chi connectivity index (χ0n) is 10.3. The lowest BCUT2D eigenvalue weighted by Gasteiger charge is -1.97. The number of rotatable bonds is 3. The molecule has 0 saturated heterocycles. The molecule has 0 aliphatic carbocycles. The van der Waals surface area contributed by atoms with E-state index in [9.17, 15) is 9.59 Å². The molecule has 2 rings (SSSR count). The van der Waals surface area contributed by atoms with Crippen LogP contribution >= 0.6 is 0 Å². The molecule has 1 aromatic heterocycles. The summed E-state index contributed by atoms with van der Waals surface area (Å²) in [5.74, 6) is 3.50. The Hall–Kier alpha value is -3.00. The van der Waals surface area contributed by atoms with Crippen LogP contribution in [0.2, 0.25) is 0 Å². The van der Waals surface area contributed by atoms with Crippen LogP contribution < -0.4 is 0 Å².